The number of fused-ring (bicyclic) bond motifs is 1. The van der Waals surface area contributed by atoms with E-state index in [1.165, 1.54) is 5.56 Å². The van der Waals surface area contributed by atoms with Crippen LogP contribution in [0, 0.1) is 0 Å². The lowest BCUT2D eigenvalue weighted by atomic mass is 10.2. The van der Waals surface area contributed by atoms with Crippen LogP contribution in [0.15, 0.2) is 48.8 Å². The number of anilines is 1. The molecule has 2 aromatic rings. The molecule has 0 radical (unpaired) electrons. The van der Waals surface area contributed by atoms with E-state index in [9.17, 15) is 4.79 Å². The summed E-state index contributed by atoms with van der Waals surface area (Å²) in [5.41, 5.74) is 2.91. The van der Waals surface area contributed by atoms with Crippen molar-refractivity contribution < 1.29 is 4.79 Å². The number of hydrogen-bond donors (Lipinski definition) is 0. The number of benzene rings is 1. The van der Waals surface area contributed by atoms with Crippen molar-refractivity contribution in [3.05, 3.63) is 59.9 Å². The van der Waals surface area contributed by atoms with Crippen LogP contribution in [0.1, 0.15) is 15.9 Å². The van der Waals surface area contributed by atoms with Crippen LogP contribution in [0.4, 0.5) is 5.69 Å². The van der Waals surface area contributed by atoms with Crippen LogP contribution in [-0.4, -0.2) is 17.4 Å². The summed E-state index contributed by atoms with van der Waals surface area (Å²) in [5.74, 6) is 0.0306. The molecule has 1 aliphatic heterocycles. The standard InChI is InChI=1S/C14H12N2O.ClH/c17-14(12-5-3-8-15-10-12)16-9-7-11-4-1-2-6-13(11)16;/h1-6,8,10H,7,9H2;1H. The second kappa shape index (κ2) is 5.19. The molecule has 2 heterocycles. The number of halogens is 1. The van der Waals surface area contributed by atoms with Gasteiger partial charge in [-0.1, -0.05) is 18.2 Å². The van der Waals surface area contributed by atoms with Gasteiger partial charge >= 0.3 is 0 Å². The number of amides is 1. The molecule has 1 aliphatic rings. The molecular weight excluding hydrogens is 248 g/mol. The number of hydrogen-bond acceptors (Lipinski definition) is 2. The predicted molar refractivity (Wildman–Crippen MR) is 73.3 cm³/mol. The van der Waals surface area contributed by atoms with Gasteiger partial charge in [-0.05, 0) is 30.2 Å². The maximum Gasteiger partial charge on any atom is 0.259 e. The number of rotatable bonds is 1. The first-order valence-corrected chi connectivity index (χ1v) is 5.66. The Morgan fingerprint density at radius 2 is 2.00 bits per heavy atom. The summed E-state index contributed by atoms with van der Waals surface area (Å²) in [4.78, 5) is 18.1. The first-order chi connectivity index (χ1) is 8.36. The maximum atomic E-state index is 12.3. The fourth-order valence-corrected chi connectivity index (χ4v) is 2.19. The summed E-state index contributed by atoms with van der Waals surface area (Å²) in [6.07, 6.45) is 4.22. The number of carbonyl (C=O) groups is 1. The van der Waals surface area contributed by atoms with E-state index in [2.05, 4.69) is 11.1 Å². The van der Waals surface area contributed by atoms with Crippen molar-refractivity contribution >= 4 is 24.0 Å². The molecule has 0 unspecified atom stereocenters. The zero-order chi connectivity index (χ0) is 11.7. The van der Waals surface area contributed by atoms with Crippen molar-refractivity contribution in [2.75, 3.05) is 11.4 Å². The molecule has 0 N–H and O–H groups in total. The summed E-state index contributed by atoms with van der Waals surface area (Å²) in [6.45, 7) is 0.757. The number of pyridine rings is 1. The summed E-state index contributed by atoms with van der Waals surface area (Å²) in [6, 6.07) is 11.6. The van der Waals surface area contributed by atoms with Gasteiger partial charge in [0.1, 0.15) is 0 Å². The van der Waals surface area contributed by atoms with Gasteiger partial charge in [0.15, 0.2) is 0 Å². The zero-order valence-electron chi connectivity index (χ0n) is 9.74. The van der Waals surface area contributed by atoms with Crippen molar-refractivity contribution in [3.8, 4) is 0 Å². The Morgan fingerprint density at radius 1 is 1.17 bits per heavy atom. The lowest BCUT2D eigenvalue weighted by Crippen LogP contribution is -2.28. The second-order valence-corrected chi connectivity index (χ2v) is 4.08. The van der Waals surface area contributed by atoms with Crippen LogP contribution < -0.4 is 4.90 Å². The van der Waals surface area contributed by atoms with Crippen LogP contribution in [-0.2, 0) is 6.42 Å². The van der Waals surface area contributed by atoms with E-state index in [-0.39, 0.29) is 18.3 Å². The van der Waals surface area contributed by atoms with Crippen LogP contribution in [0.2, 0.25) is 0 Å². The highest BCUT2D eigenvalue weighted by Gasteiger charge is 2.24. The number of carbonyl (C=O) groups excluding carboxylic acids is 1. The van der Waals surface area contributed by atoms with Crippen molar-refractivity contribution in [2.45, 2.75) is 6.42 Å². The van der Waals surface area contributed by atoms with Gasteiger partial charge in [-0.3, -0.25) is 9.78 Å². The molecule has 1 aromatic heterocycles. The third kappa shape index (κ3) is 2.09. The van der Waals surface area contributed by atoms with Gasteiger partial charge in [-0.2, -0.15) is 0 Å². The van der Waals surface area contributed by atoms with E-state index in [0.717, 1.165) is 18.7 Å². The SMILES string of the molecule is Cl.O=C(c1cccnc1)N1CCc2ccccc21. The van der Waals surface area contributed by atoms with Gasteiger partial charge in [0.05, 0.1) is 5.56 Å². The molecule has 0 aliphatic carbocycles. The normalized spacial score (nSPS) is 12.8. The molecule has 1 amide bonds. The van der Waals surface area contributed by atoms with E-state index >= 15 is 0 Å². The largest absolute Gasteiger partial charge is 0.308 e. The van der Waals surface area contributed by atoms with Crippen LogP contribution in [0.5, 0.6) is 0 Å². The summed E-state index contributed by atoms with van der Waals surface area (Å²) in [5, 5.41) is 0. The van der Waals surface area contributed by atoms with Gasteiger partial charge < -0.3 is 4.90 Å². The zero-order valence-corrected chi connectivity index (χ0v) is 10.6. The summed E-state index contributed by atoms with van der Waals surface area (Å²) < 4.78 is 0. The highest BCUT2D eigenvalue weighted by atomic mass is 35.5. The average molecular weight is 261 g/mol. The molecule has 92 valence electrons. The highest BCUT2D eigenvalue weighted by molar-refractivity contribution is 6.07. The van der Waals surface area contributed by atoms with E-state index in [0.29, 0.717) is 5.56 Å². The number of aromatic nitrogens is 1. The van der Waals surface area contributed by atoms with Crippen LogP contribution in [0.3, 0.4) is 0 Å². The Kier molecular flexibility index (Phi) is 3.63. The highest BCUT2D eigenvalue weighted by Crippen LogP contribution is 2.28. The minimum Gasteiger partial charge on any atom is -0.308 e. The smallest absolute Gasteiger partial charge is 0.259 e. The Balaban J connectivity index is 0.00000120. The molecule has 1 aromatic carbocycles. The fraction of sp³-hybridized carbons (Fsp3) is 0.143. The molecule has 0 fully saturated rings. The number of nitrogens with zero attached hydrogens (tertiary/aromatic N) is 2. The van der Waals surface area contributed by atoms with E-state index in [1.54, 1.807) is 24.5 Å². The molecular formula is C14H13ClN2O. The first kappa shape index (κ1) is 12.6. The van der Waals surface area contributed by atoms with E-state index in [1.807, 2.05) is 23.1 Å². The molecule has 3 rings (SSSR count). The van der Waals surface area contributed by atoms with Gasteiger partial charge in [0, 0.05) is 24.6 Å². The molecule has 0 saturated heterocycles. The van der Waals surface area contributed by atoms with Crippen molar-refractivity contribution in [2.24, 2.45) is 0 Å². The Labute approximate surface area is 112 Å². The molecule has 0 saturated carbocycles. The third-order valence-corrected chi connectivity index (χ3v) is 3.04. The lowest BCUT2D eigenvalue weighted by Gasteiger charge is -2.16. The monoisotopic (exact) mass is 260 g/mol. The second-order valence-electron chi connectivity index (χ2n) is 4.08. The molecule has 0 atom stereocenters. The molecule has 18 heavy (non-hydrogen) atoms. The summed E-state index contributed by atoms with van der Waals surface area (Å²) in [7, 11) is 0. The molecule has 4 heteroatoms. The van der Waals surface area contributed by atoms with Crippen LogP contribution in [0.25, 0.3) is 0 Å². The Hall–Kier alpha value is -1.87. The predicted octanol–water partition coefficient (Wildman–Crippen LogP) is 2.71. The van der Waals surface area contributed by atoms with Crippen LogP contribution >= 0.6 is 12.4 Å². The average Bonchev–Trinajstić information content (AvgIpc) is 2.83. The van der Waals surface area contributed by atoms with Gasteiger partial charge in [0.25, 0.3) is 5.91 Å². The molecule has 0 spiro atoms. The first-order valence-electron chi connectivity index (χ1n) is 5.66. The van der Waals surface area contributed by atoms with Gasteiger partial charge in [-0.25, -0.2) is 0 Å². The topological polar surface area (TPSA) is 33.2 Å². The maximum absolute atomic E-state index is 12.3. The molecule has 3 nitrogen and oxygen atoms in total. The van der Waals surface area contributed by atoms with E-state index < -0.39 is 0 Å². The minimum atomic E-state index is 0. The Bertz CT molecular complexity index is 557. The quantitative estimate of drug-likeness (QED) is 0.790. The summed E-state index contributed by atoms with van der Waals surface area (Å²) >= 11 is 0. The molecule has 0 bridgehead atoms. The Morgan fingerprint density at radius 3 is 2.78 bits per heavy atom. The van der Waals surface area contributed by atoms with Crippen molar-refractivity contribution in [1.29, 1.82) is 0 Å². The third-order valence-electron chi connectivity index (χ3n) is 3.04. The van der Waals surface area contributed by atoms with Crippen molar-refractivity contribution in [1.82, 2.24) is 4.98 Å². The fourth-order valence-electron chi connectivity index (χ4n) is 2.19. The minimum absolute atomic E-state index is 0. The van der Waals surface area contributed by atoms with E-state index in [4.69, 9.17) is 0 Å². The van der Waals surface area contributed by atoms with Crippen molar-refractivity contribution in [3.63, 3.8) is 0 Å². The number of para-hydroxylation sites is 1. The van der Waals surface area contributed by atoms with Gasteiger partial charge in [-0.15, -0.1) is 12.4 Å². The van der Waals surface area contributed by atoms with Gasteiger partial charge in [0.2, 0.25) is 0 Å². The lowest BCUT2D eigenvalue weighted by molar-refractivity contribution is 0.0989.